The van der Waals surface area contributed by atoms with Crippen molar-refractivity contribution in [3.63, 3.8) is 0 Å². The quantitative estimate of drug-likeness (QED) is 0.747. The van der Waals surface area contributed by atoms with E-state index in [-0.39, 0.29) is 17.4 Å². The highest BCUT2D eigenvalue weighted by Gasteiger charge is 2.24. The van der Waals surface area contributed by atoms with Crippen LogP contribution >= 0.6 is 0 Å². The third-order valence-corrected chi connectivity index (χ3v) is 2.69. The van der Waals surface area contributed by atoms with Crippen molar-refractivity contribution in [2.24, 2.45) is 5.92 Å². The summed E-state index contributed by atoms with van der Waals surface area (Å²) in [7, 11) is 0. The molecule has 1 heterocycles. The van der Waals surface area contributed by atoms with E-state index in [1.165, 1.54) is 0 Å². The van der Waals surface area contributed by atoms with Gasteiger partial charge in [0.2, 0.25) is 0 Å². The van der Waals surface area contributed by atoms with Gasteiger partial charge in [-0.15, -0.1) is 12.8 Å². The molecule has 0 aromatic carbocycles. The second-order valence-electron chi connectivity index (χ2n) is 4.75. The SMILES string of the molecule is C#C[C@@H](C)NC(=O)C1=CC(C)C=C(C(=O)N[C@@H](C)C#C)O1. The number of rotatable bonds is 4. The Hall–Kier alpha value is -2.66. The summed E-state index contributed by atoms with van der Waals surface area (Å²) >= 11 is 0. The van der Waals surface area contributed by atoms with Crippen molar-refractivity contribution < 1.29 is 14.3 Å². The largest absolute Gasteiger partial charge is 0.446 e. The number of carbonyl (C=O) groups is 2. The van der Waals surface area contributed by atoms with Crippen LogP contribution < -0.4 is 10.6 Å². The van der Waals surface area contributed by atoms with Crippen LogP contribution in [0, 0.1) is 30.6 Å². The zero-order valence-electron chi connectivity index (χ0n) is 12.3. The molecule has 2 amide bonds. The smallest absolute Gasteiger partial charge is 0.287 e. The molecule has 0 spiro atoms. The first-order valence-electron chi connectivity index (χ1n) is 6.52. The third-order valence-electron chi connectivity index (χ3n) is 2.69. The maximum atomic E-state index is 12.0. The molecule has 0 radical (unpaired) electrons. The van der Waals surface area contributed by atoms with Crippen LogP contribution in [0.4, 0.5) is 0 Å². The van der Waals surface area contributed by atoms with Gasteiger partial charge in [0.05, 0.1) is 12.1 Å². The summed E-state index contributed by atoms with van der Waals surface area (Å²) in [6.07, 6.45) is 13.6. The molecule has 5 nitrogen and oxygen atoms in total. The molecule has 1 aliphatic rings. The van der Waals surface area contributed by atoms with Gasteiger partial charge in [0.25, 0.3) is 11.8 Å². The monoisotopic (exact) mass is 286 g/mol. The second-order valence-corrected chi connectivity index (χ2v) is 4.75. The van der Waals surface area contributed by atoms with Crippen molar-refractivity contribution in [1.29, 1.82) is 0 Å². The average Bonchev–Trinajstić information content (AvgIpc) is 2.45. The number of amides is 2. The van der Waals surface area contributed by atoms with Gasteiger partial charge in [-0.25, -0.2) is 0 Å². The first-order valence-corrected chi connectivity index (χ1v) is 6.52. The average molecular weight is 286 g/mol. The summed E-state index contributed by atoms with van der Waals surface area (Å²) < 4.78 is 5.33. The molecule has 1 rings (SSSR count). The van der Waals surface area contributed by atoms with Crippen molar-refractivity contribution in [3.8, 4) is 24.7 Å². The fourth-order valence-corrected chi connectivity index (χ4v) is 1.58. The lowest BCUT2D eigenvalue weighted by Gasteiger charge is -2.20. The van der Waals surface area contributed by atoms with Gasteiger partial charge >= 0.3 is 0 Å². The number of carbonyl (C=O) groups excluding carboxylic acids is 2. The van der Waals surface area contributed by atoms with E-state index < -0.39 is 23.9 Å². The predicted octanol–water partition coefficient (Wildman–Crippen LogP) is 0.696. The maximum Gasteiger partial charge on any atom is 0.287 e. The van der Waals surface area contributed by atoms with E-state index in [0.29, 0.717) is 0 Å². The van der Waals surface area contributed by atoms with Crippen LogP contribution in [0.1, 0.15) is 20.8 Å². The minimum Gasteiger partial charge on any atom is -0.446 e. The molecular formula is C16H18N2O3. The summed E-state index contributed by atoms with van der Waals surface area (Å²) in [6, 6.07) is -0.857. The van der Waals surface area contributed by atoms with Gasteiger partial charge in [0.15, 0.2) is 11.5 Å². The highest BCUT2D eigenvalue weighted by Crippen LogP contribution is 2.20. The van der Waals surface area contributed by atoms with Gasteiger partial charge in [-0.3, -0.25) is 9.59 Å². The van der Waals surface area contributed by atoms with E-state index in [4.69, 9.17) is 17.6 Å². The molecule has 0 fully saturated rings. The summed E-state index contributed by atoms with van der Waals surface area (Å²) in [5.74, 6) is 3.81. The summed E-state index contributed by atoms with van der Waals surface area (Å²) in [4.78, 5) is 23.9. The van der Waals surface area contributed by atoms with Crippen LogP contribution in [0.15, 0.2) is 23.7 Å². The van der Waals surface area contributed by atoms with E-state index in [1.807, 2.05) is 6.92 Å². The van der Waals surface area contributed by atoms with Crippen LogP contribution in [-0.4, -0.2) is 23.9 Å². The molecule has 0 saturated carbocycles. The number of ether oxygens (including phenoxy) is 1. The van der Waals surface area contributed by atoms with Gasteiger partial charge in [0, 0.05) is 5.92 Å². The standard InChI is InChI=1S/C16H18N2O3/c1-6-11(4)17-15(19)13-8-10(3)9-14(21-13)16(20)18-12(5)7-2/h1-2,8-12H,3-5H3,(H,17,19)(H,18,20)/t10?,11-,12+. The molecule has 0 aromatic heterocycles. The van der Waals surface area contributed by atoms with Crippen molar-refractivity contribution in [2.75, 3.05) is 0 Å². The highest BCUT2D eigenvalue weighted by atomic mass is 16.5. The lowest BCUT2D eigenvalue weighted by molar-refractivity contribution is -0.123. The zero-order valence-corrected chi connectivity index (χ0v) is 12.3. The van der Waals surface area contributed by atoms with Gasteiger partial charge in [-0.1, -0.05) is 18.8 Å². The van der Waals surface area contributed by atoms with Crippen LogP contribution in [0.2, 0.25) is 0 Å². The molecule has 1 aliphatic heterocycles. The van der Waals surface area contributed by atoms with Crippen molar-refractivity contribution in [3.05, 3.63) is 23.7 Å². The van der Waals surface area contributed by atoms with Gasteiger partial charge in [-0.05, 0) is 26.0 Å². The number of nitrogens with one attached hydrogen (secondary N) is 2. The third kappa shape index (κ3) is 4.74. The van der Waals surface area contributed by atoms with E-state index in [2.05, 4.69) is 22.5 Å². The molecule has 0 aliphatic carbocycles. The topological polar surface area (TPSA) is 67.4 Å². The number of hydrogen-bond donors (Lipinski definition) is 2. The Labute approximate surface area is 124 Å². The molecule has 0 aromatic rings. The molecule has 5 heteroatoms. The molecule has 0 bridgehead atoms. The summed E-state index contributed by atoms with van der Waals surface area (Å²) in [6.45, 7) is 5.17. The molecule has 1 unspecified atom stereocenters. The Balaban J connectivity index is 2.77. The Kier molecular flexibility index (Phi) is 5.63. The Morgan fingerprint density at radius 3 is 1.81 bits per heavy atom. The minimum absolute atomic E-state index is 0.0469. The molecule has 21 heavy (non-hydrogen) atoms. The fourth-order valence-electron chi connectivity index (χ4n) is 1.58. The lowest BCUT2D eigenvalue weighted by Crippen LogP contribution is -2.37. The molecular weight excluding hydrogens is 268 g/mol. The van der Waals surface area contributed by atoms with E-state index in [1.54, 1.807) is 26.0 Å². The van der Waals surface area contributed by atoms with Crippen LogP contribution in [-0.2, 0) is 14.3 Å². The molecule has 110 valence electrons. The van der Waals surface area contributed by atoms with Crippen molar-refractivity contribution >= 4 is 11.8 Å². The summed E-state index contributed by atoms with van der Waals surface area (Å²) in [5.41, 5.74) is 0. The molecule has 2 N–H and O–H groups in total. The van der Waals surface area contributed by atoms with Gasteiger partial charge in [0.1, 0.15) is 0 Å². The number of allylic oxidation sites excluding steroid dienone is 2. The Morgan fingerprint density at radius 2 is 1.48 bits per heavy atom. The molecule has 3 atom stereocenters. The summed E-state index contributed by atoms with van der Waals surface area (Å²) in [5, 5.41) is 5.14. The number of hydrogen-bond acceptors (Lipinski definition) is 3. The minimum atomic E-state index is -0.462. The first kappa shape index (κ1) is 16.4. The Morgan fingerprint density at radius 1 is 1.10 bits per heavy atom. The molecule has 0 saturated heterocycles. The highest BCUT2D eigenvalue weighted by molar-refractivity contribution is 5.96. The lowest BCUT2D eigenvalue weighted by atomic mass is 10.1. The van der Waals surface area contributed by atoms with Crippen LogP contribution in [0.5, 0.6) is 0 Å². The van der Waals surface area contributed by atoms with E-state index >= 15 is 0 Å². The van der Waals surface area contributed by atoms with Crippen molar-refractivity contribution in [2.45, 2.75) is 32.9 Å². The first-order chi connectivity index (χ1) is 9.87. The Bertz CT molecular complexity index is 525. The van der Waals surface area contributed by atoms with E-state index in [0.717, 1.165) is 0 Å². The van der Waals surface area contributed by atoms with Gasteiger partial charge < -0.3 is 15.4 Å². The van der Waals surface area contributed by atoms with E-state index in [9.17, 15) is 9.59 Å². The van der Waals surface area contributed by atoms with Gasteiger partial charge in [-0.2, -0.15) is 0 Å². The van der Waals surface area contributed by atoms with Crippen molar-refractivity contribution in [1.82, 2.24) is 10.6 Å². The predicted molar refractivity (Wildman–Crippen MR) is 79.3 cm³/mol. The second kappa shape index (κ2) is 7.21. The van der Waals surface area contributed by atoms with Crippen LogP contribution in [0.25, 0.3) is 0 Å². The maximum absolute atomic E-state index is 12.0. The normalized spacial score (nSPS) is 19.6. The van der Waals surface area contributed by atoms with Crippen LogP contribution in [0.3, 0.4) is 0 Å². The fraction of sp³-hybridized carbons (Fsp3) is 0.375. The zero-order chi connectivity index (χ0) is 16.0. The number of terminal acetylenes is 2.